The lowest BCUT2D eigenvalue weighted by Crippen LogP contribution is -2.26. The molecule has 3 nitrogen and oxygen atoms in total. The van der Waals surface area contributed by atoms with E-state index in [1.54, 1.807) is 6.92 Å². The summed E-state index contributed by atoms with van der Waals surface area (Å²) in [5, 5.41) is 0.171. The van der Waals surface area contributed by atoms with Crippen LogP contribution in [0.25, 0.3) is 0 Å². The van der Waals surface area contributed by atoms with E-state index in [1.165, 1.54) is 11.8 Å². The number of para-hydroxylation sites is 1. The van der Waals surface area contributed by atoms with Crippen LogP contribution < -0.4 is 4.90 Å². The maximum absolute atomic E-state index is 12.1. The molecule has 18 heavy (non-hydrogen) atoms. The molecular weight excluding hydrogens is 246 g/mol. The van der Waals surface area contributed by atoms with Crippen LogP contribution >= 0.6 is 11.8 Å². The van der Waals surface area contributed by atoms with E-state index in [9.17, 15) is 9.59 Å². The number of thioether (sulfide) groups is 1. The van der Waals surface area contributed by atoms with Gasteiger partial charge in [0, 0.05) is 30.8 Å². The molecule has 1 saturated heterocycles. The third-order valence-electron chi connectivity index (χ3n) is 3.13. The molecule has 1 heterocycles. The average molecular weight is 263 g/mol. The molecule has 1 aromatic carbocycles. The Labute approximate surface area is 112 Å². The van der Waals surface area contributed by atoms with E-state index in [1.807, 2.05) is 36.9 Å². The first-order valence-corrected chi connectivity index (χ1v) is 6.91. The second kappa shape index (κ2) is 5.14. The maximum Gasteiger partial charge on any atom is 0.228 e. The molecular formula is C14H17NO2S. The summed E-state index contributed by atoms with van der Waals surface area (Å²) in [7, 11) is 0. The zero-order valence-electron chi connectivity index (χ0n) is 10.9. The summed E-state index contributed by atoms with van der Waals surface area (Å²) in [5.74, 6) is 0.117. The van der Waals surface area contributed by atoms with Gasteiger partial charge in [0.05, 0.1) is 0 Å². The fourth-order valence-electron chi connectivity index (χ4n) is 2.44. The summed E-state index contributed by atoms with van der Waals surface area (Å²) in [6.45, 7) is 6.22. The number of hydrogen-bond acceptors (Lipinski definition) is 3. The smallest absolute Gasteiger partial charge is 0.228 e. The number of benzene rings is 1. The molecule has 0 radical (unpaired) electrons. The van der Waals surface area contributed by atoms with Crippen LogP contribution in [0.2, 0.25) is 0 Å². The standard InChI is InChI=1S/C14H17NO2S/c1-9-5-4-6-10(2)14(9)15-8-12(7-13(15)17)18-11(3)16/h4-6,12H,7-8H2,1-3H3. The van der Waals surface area contributed by atoms with Crippen molar-refractivity contribution in [2.75, 3.05) is 11.4 Å². The first-order chi connectivity index (χ1) is 8.49. The summed E-state index contributed by atoms with van der Waals surface area (Å²) in [4.78, 5) is 25.0. The van der Waals surface area contributed by atoms with Gasteiger partial charge in [0.15, 0.2) is 5.12 Å². The highest BCUT2D eigenvalue weighted by Crippen LogP contribution is 2.32. The zero-order chi connectivity index (χ0) is 13.3. The largest absolute Gasteiger partial charge is 0.311 e. The van der Waals surface area contributed by atoms with Gasteiger partial charge in [-0.2, -0.15) is 0 Å². The van der Waals surface area contributed by atoms with Crippen molar-refractivity contribution < 1.29 is 9.59 Å². The number of aryl methyl sites for hydroxylation is 2. The van der Waals surface area contributed by atoms with Crippen LogP contribution in [0.4, 0.5) is 5.69 Å². The normalized spacial score (nSPS) is 19.4. The number of amides is 1. The van der Waals surface area contributed by atoms with E-state index in [0.29, 0.717) is 13.0 Å². The molecule has 0 aliphatic carbocycles. The summed E-state index contributed by atoms with van der Waals surface area (Å²) < 4.78 is 0. The van der Waals surface area contributed by atoms with Crippen molar-refractivity contribution in [1.82, 2.24) is 0 Å². The molecule has 1 atom stereocenters. The molecule has 0 N–H and O–H groups in total. The highest BCUT2D eigenvalue weighted by molar-refractivity contribution is 8.14. The third-order valence-corrected chi connectivity index (χ3v) is 4.11. The van der Waals surface area contributed by atoms with Gasteiger partial charge in [0.2, 0.25) is 5.91 Å². The van der Waals surface area contributed by atoms with Crippen molar-refractivity contribution in [3.63, 3.8) is 0 Å². The van der Waals surface area contributed by atoms with Crippen molar-refractivity contribution >= 4 is 28.5 Å². The van der Waals surface area contributed by atoms with E-state index >= 15 is 0 Å². The van der Waals surface area contributed by atoms with E-state index in [0.717, 1.165) is 16.8 Å². The van der Waals surface area contributed by atoms with Gasteiger partial charge in [0.25, 0.3) is 0 Å². The fourth-order valence-corrected chi connectivity index (χ4v) is 3.35. The van der Waals surface area contributed by atoms with Crippen molar-refractivity contribution in [1.29, 1.82) is 0 Å². The minimum atomic E-state index is 0.0798. The van der Waals surface area contributed by atoms with E-state index in [-0.39, 0.29) is 16.3 Å². The highest BCUT2D eigenvalue weighted by Gasteiger charge is 2.33. The Bertz CT molecular complexity index is 478. The number of hydrogen-bond donors (Lipinski definition) is 0. The van der Waals surface area contributed by atoms with Gasteiger partial charge in [-0.15, -0.1) is 0 Å². The van der Waals surface area contributed by atoms with E-state index in [2.05, 4.69) is 0 Å². The molecule has 1 aliphatic heterocycles. The summed E-state index contributed by atoms with van der Waals surface area (Å²) in [6.07, 6.45) is 0.456. The van der Waals surface area contributed by atoms with Crippen molar-refractivity contribution in [2.45, 2.75) is 32.4 Å². The number of nitrogens with zero attached hydrogens (tertiary/aromatic N) is 1. The summed E-state index contributed by atoms with van der Waals surface area (Å²) in [6, 6.07) is 6.03. The molecule has 1 amide bonds. The van der Waals surface area contributed by atoms with Crippen molar-refractivity contribution in [3.05, 3.63) is 29.3 Å². The fraction of sp³-hybridized carbons (Fsp3) is 0.429. The number of anilines is 1. The topological polar surface area (TPSA) is 37.4 Å². The average Bonchev–Trinajstić information content (AvgIpc) is 2.58. The molecule has 0 spiro atoms. The lowest BCUT2D eigenvalue weighted by atomic mass is 10.1. The second-order valence-corrected chi connectivity index (χ2v) is 6.16. The van der Waals surface area contributed by atoms with Gasteiger partial charge in [-0.25, -0.2) is 0 Å². The Morgan fingerprint density at radius 2 is 1.94 bits per heavy atom. The SMILES string of the molecule is CC(=O)SC1CC(=O)N(c2c(C)cccc2C)C1. The molecule has 0 saturated carbocycles. The Morgan fingerprint density at radius 1 is 1.33 bits per heavy atom. The van der Waals surface area contributed by atoms with Crippen LogP contribution in [0.5, 0.6) is 0 Å². The molecule has 1 aromatic rings. The van der Waals surface area contributed by atoms with Crippen molar-refractivity contribution in [3.8, 4) is 0 Å². The highest BCUT2D eigenvalue weighted by atomic mass is 32.2. The molecule has 4 heteroatoms. The van der Waals surface area contributed by atoms with Gasteiger partial charge in [-0.1, -0.05) is 30.0 Å². The third kappa shape index (κ3) is 2.58. The van der Waals surface area contributed by atoms with Crippen LogP contribution in [0.15, 0.2) is 18.2 Å². The summed E-state index contributed by atoms with van der Waals surface area (Å²) in [5.41, 5.74) is 3.22. The lowest BCUT2D eigenvalue weighted by molar-refractivity contribution is -0.117. The minimum absolute atomic E-state index is 0.0798. The van der Waals surface area contributed by atoms with Crippen LogP contribution in [0, 0.1) is 13.8 Å². The van der Waals surface area contributed by atoms with Crippen LogP contribution in [-0.2, 0) is 9.59 Å². The van der Waals surface area contributed by atoms with Gasteiger partial charge in [0.1, 0.15) is 0 Å². The Kier molecular flexibility index (Phi) is 3.76. The minimum Gasteiger partial charge on any atom is -0.311 e. The van der Waals surface area contributed by atoms with Crippen LogP contribution in [-0.4, -0.2) is 22.8 Å². The Balaban J connectivity index is 2.24. The van der Waals surface area contributed by atoms with Gasteiger partial charge >= 0.3 is 0 Å². The van der Waals surface area contributed by atoms with Gasteiger partial charge in [-0.3, -0.25) is 9.59 Å². The zero-order valence-corrected chi connectivity index (χ0v) is 11.7. The number of rotatable bonds is 2. The first kappa shape index (κ1) is 13.1. The Morgan fingerprint density at radius 3 is 2.50 bits per heavy atom. The van der Waals surface area contributed by atoms with Gasteiger partial charge in [-0.05, 0) is 25.0 Å². The van der Waals surface area contributed by atoms with Crippen LogP contribution in [0.3, 0.4) is 0 Å². The molecule has 1 fully saturated rings. The van der Waals surface area contributed by atoms with E-state index < -0.39 is 0 Å². The molecule has 96 valence electrons. The number of carbonyl (C=O) groups excluding carboxylic acids is 2. The predicted molar refractivity (Wildman–Crippen MR) is 74.9 cm³/mol. The lowest BCUT2D eigenvalue weighted by Gasteiger charge is -2.21. The second-order valence-electron chi connectivity index (χ2n) is 4.68. The van der Waals surface area contributed by atoms with Crippen molar-refractivity contribution in [2.24, 2.45) is 0 Å². The monoisotopic (exact) mass is 263 g/mol. The Hall–Kier alpha value is -1.29. The molecule has 1 aliphatic rings. The molecule has 2 rings (SSSR count). The predicted octanol–water partition coefficient (Wildman–Crippen LogP) is 2.69. The first-order valence-electron chi connectivity index (χ1n) is 6.03. The maximum atomic E-state index is 12.1. The molecule has 1 unspecified atom stereocenters. The van der Waals surface area contributed by atoms with Crippen LogP contribution in [0.1, 0.15) is 24.5 Å². The van der Waals surface area contributed by atoms with E-state index in [4.69, 9.17) is 0 Å². The molecule has 0 aromatic heterocycles. The number of carbonyl (C=O) groups is 2. The van der Waals surface area contributed by atoms with Gasteiger partial charge < -0.3 is 4.90 Å². The molecule has 0 bridgehead atoms. The summed E-state index contributed by atoms with van der Waals surface area (Å²) >= 11 is 1.27. The quantitative estimate of drug-likeness (QED) is 0.823.